The number of nitrogens with zero attached hydrogens (tertiary/aromatic N) is 4. The zero-order valence-electron chi connectivity index (χ0n) is 10.9. The fourth-order valence-corrected chi connectivity index (χ4v) is 2.30. The zero-order chi connectivity index (χ0) is 12.4. The molecule has 2 atom stereocenters. The smallest absolute Gasteiger partial charge is 0.146 e. The number of aryl methyl sites for hydroxylation is 1. The summed E-state index contributed by atoms with van der Waals surface area (Å²) in [5.74, 6) is 2.42. The first-order valence-corrected chi connectivity index (χ1v) is 6.39. The highest BCUT2D eigenvalue weighted by Crippen LogP contribution is 2.18. The topological polar surface area (TPSA) is 54.2 Å². The second kappa shape index (κ2) is 5.14. The van der Waals surface area contributed by atoms with Gasteiger partial charge in [-0.25, -0.2) is 0 Å². The molecule has 0 spiro atoms. The number of rotatable bonds is 3. The van der Waals surface area contributed by atoms with Crippen molar-refractivity contribution in [3.8, 4) is 0 Å². The Labute approximate surface area is 102 Å². The molecule has 0 amide bonds. The number of hydrogen-bond acceptors (Lipinski definition) is 4. The van der Waals surface area contributed by atoms with E-state index < -0.39 is 0 Å². The summed E-state index contributed by atoms with van der Waals surface area (Å²) >= 11 is 0. The van der Waals surface area contributed by atoms with Crippen molar-refractivity contribution in [3.05, 3.63) is 11.6 Å². The van der Waals surface area contributed by atoms with Crippen molar-refractivity contribution in [2.75, 3.05) is 13.1 Å². The van der Waals surface area contributed by atoms with Crippen molar-refractivity contribution >= 4 is 0 Å². The minimum Gasteiger partial charge on any atom is -0.392 e. The third-order valence-electron chi connectivity index (χ3n) is 3.74. The van der Waals surface area contributed by atoms with Gasteiger partial charge in [-0.2, -0.15) is 0 Å². The molecule has 0 aliphatic carbocycles. The lowest BCUT2D eigenvalue weighted by Crippen LogP contribution is -2.42. The average molecular weight is 238 g/mol. The van der Waals surface area contributed by atoms with Crippen LogP contribution in [0.5, 0.6) is 0 Å². The Hall–Kier alpha value is -0.940. The first-order valence-electron chi connectivity index (χ1n) is 6.39. The Morgan fingerprint density at radius 3 is 2.65 bits per heavy atom. The van der Waals surface area contributed by atoms with Crippen LogP contribution >= 0.6 is 0 Å². The van der Waals surface area contributed by atoms with Gasteiger partial charge in [-0.15, -0.1) is 10.2 Å². The van der Waals surface area contributed by atoms with Crippen molar-refractivity contribution < 1.29 is 5.11 Å². The number of aromatic nitrogens is 3. The minimum absolute atomic E-state index is 0.206. The molecular weight excluding hydrogens is 216 g/mol. The van der Waals surface area contributed by atoms with Crippen molar-refractivity contribution in [1.82, 2.24) is 19.7 Å². The van der Waals surface area contributed by atoms with Crippen LogP contribution in [-0.4, -0.2) is 44.0 Å². The molecule has 5 nitrogen and oxygen atoms in total. The van der Waals surface area contributed by atoms with Crippen molar-refractivity contribution in [2.24, 2.45) is 13.0 Å². The first-order chi connectivity index (χ1) is 8.11. The number of aliphatic hydroxyl groups is 1. The molecule has 1 fully saturated rings. The summed E-state index contributed by atoms with van der Waals surface area (Å²) in [5.41, 5.74) is 0. The van der Waals surface area contributed by atoms with Crippen LogP contribution in [0.3, 0.4) is 0 Å². The van der Waals surface area contributed by atoms with E-state index in [1.807, 2.05) is 7.05 Å². The van der Waals surface area contributed by atoms with Gasteiger partial charge in [0.1, 0.15) is 11.6 Å². The molecule has 0 bridgehead atoms. The molecule has 1 aliphatic rings. The third kappa shape index (κ3) is 2.66. The molecule has 5 heteroatoms. The van der Waals surface area contributed by atoms with E-state index in [0.717, 1.165) is 44.1 Å². The number of β-amino-alcohol motifs (C(OH)–C–C–N with tert-alkyl or cyclic N) is 1. The zero-order valence-corrected chi connectivity index (χ0v) is 10.9. The summed E-state index contributed by atoms with van der Waals surface area (Å²) in [6.07, 6.45) is 1.76. The van der Waals surface area contributed by atoms with E-state index in [1.165, 1.54) is 0 Å². The molecule has 1 aromatic rings. The van der Waals surface area contributed by atoms with Crippen LogP contribution in [0, 0.1) is 5.92 Å². The van der Waals surface area contributed by atoms with E-state index in [0.29, 0.717) is 5.92 Å². The van der Waals surface area contributed by atoms with Crippen LogP contribution in [0.4, 0.5) is 0 Å². The molecule has 1 aromatic heterocycles. The highest BCUT2D eigenvalue weighted by molar-refractivity contribution is 4.95. The summed E-state index contributed by atoms with van der Waals surface area (Å²) in [6.45, 7) is 6.76. The molecule has 2 unspecified atom stereocenters. The summed E-state index contributed by atoms with van der Waals surface area (Å²) < 4.78 is 2.06. The fourth-order valence-electron chi connectivity index (χ4n) is 2.30. The maximum absolute atomic E-state index is 9.86. The number of aliphatic hydroxyl groups excluding tert-OH is 1. The van der Waals surface area contributed by atoms with E-state index in [9.17, 15) is 5.11 Å². The van der Waals surface area contributed by atoms with Crippen molar-refractivity contribution in [2.45, 2.75) is 39.3 Å². The first kappa shape index (κ1) is 12.5. The van der Waals surface area contributed by atoms with Gasteiger partial charge in [-0.3, -0.25) is 4.90 Å². The van der Waals surface area contributed by atoms with Crippen molar-refractivity contribution in [1.29, 1.82) is 0 Å². The average Bonchev–Trinajstić information content (AvgIpc) is 2.65. The Morgan fingerprint density at radius 1 is 1.35 bits per heavy atom. The molecule has 0 saturated carbocycles. The molecule has 1 N–H and O–H groups in total. The quantitative estimate of drug-likeness (QED) is 0.837. The number of piperidine rings is 1. The molecule has 0 aromatic carbocycles. The Kier molecular flexibility index (Phi) is 3.79. The van der Waals surface area contributed by atoms with Crippen LogP contribution in [0.25, 0.3) is 0 Å². The molecule has 1 aliphatic heterocycles. The second-order valence-corrected chi connectivity index (χ2v) is 5.01. The predicted octanol–water partition coefficient (Wildman–Crippen LogP) is 0.580. The maximum Gasteiger partial charge on any atom is 0.146 e. The summed E-state index contributed by atoms with van der Waals surface area (Å²) in [6, 6.07) is 0. The van der Waals surface area contributed by atoms with Gasteiger partial charge >= 0.3 is 0 Å². The third-order valence-corrected chi connectivity index (χ3v) is 3.74. The number of hydrogen-bond donors (Lipinski definition) is 1. The largest absolute Gasteiger partial charge is 0.392 e. The summed E-state index contributed by atoms with van der Waals surface area (Å²) in [7, 11) is 2.01. The van der Waals surface area contributed by atoms with E-state index in [-0.39, 0.29) is 6.10 Å². The van der Waals surface area contributed by atoms with E-state index >= 15 is 0 Å². The van der Waals surface area contributed by atoms with Gasteiger partial charge in [0.05, 0.1) is 12.6 Å². The summed E-state index contributed by atoms with van der Waals surface area (Å²) in [4.78, 5) is 2.26. The van der Waals surface area contributed by atoms with Gasteiger partial charge in [-0.05, 0) is 18.9 Å². The molecule has 2 rings (SSSR count). The number of likely N-dealkylation sites (tertiary alicyclic amines) is 1. The standard InChI is InChI=1S/C12H22N4O/c1-4-11-13-14-12(15(11)3)8-16-6-5-9(2)10(17)7-16/h9-10,17H,4-8H2,1-3H3. The van der Waals surface area contributed by atoms with E-state index in [1.54, 1.807) is 0 Å². The highest BCUT2D eigenvalue weighted by Gasteiger charge is 2.25. The Morgan fingerprint density at radius 2 is 2.06 bits per heavy atom. The SMILES string of the molecule is CCc1nnc(CN2CCC(C)C(O)C2)n1C. The van der Waals surface area contributed by atoms with Gasteiger partial charge in [0.15, 0.2) is 0 Å². The molecule has 1 saturated heterocycles. The molecule has 0 radical (unpaired) electrons. The monoisotopic (exact) mass is 238 g/mol. The lowest BCUT2D eigenvalue weighted by molar-refractivity contribution is 0.0245. The molecule has 2 heterocycles. The maximum atomic E-state index is 9.86. The van der Waals surface area contributed by atoms with Crippen LogP contribution in [0.15, 0.2) is 0 Å². The fraction of sp³-hybridized carbons (Fsp3) is 0.833. The van der Waals surface area contributed by atoms with Gasteiger partial charge in [0.25, 0.3) is 0 Å². The molecule has 96 valence electrons. The van der Waals surface area contributed by atoms with Crippen molar-refractivity contribution in [3.63, 3.8) is 0 Å². The Balaban J connectivity index is 1.99. The normalized spacial score (nSPS) is 26.4. The molecule has 17 heavy (non-hydrogen) atoms. The lowest BCUT2D eigenvalue weighted by atomic mass is 9.96. The van der Waals surface area contributed by atoms with Crippen LogP contribution in [0.1, 0.15) is 31.9 Å². The summed E-state index contributed by atoms with van der Waals surface area (Å²) in [5, 5.41) is 18.2. The minimum atomic E-state index is -0.206. The second-order valence-electron chi connectivity index (χ2n) is 5.01. The highest BCUT2D eigenvalue weighted by atomic mass is 16.3. The van der Waals surface area contributed by atoms with Gasteiger partial charge in [0, 0.05) is 20.0 Å². The van der Waals surface area contributed by atoms with E-state index in [2.05, 4.69) is 33.5 Å². The van der Waals surface area contributed by atoms with Gasteiger partial charge in [0.2, 0.25) is 0 Å². The molecular formula is C12H22N4O. The van der Waals surface area contributed by atoms with Crippen LogP contribution in [-0.2, 0) is 20.0 Å². The lowest BCUT2D eigenvalue weighted by Gasteiger charge is -2.33. The predicted molar refractivity (Wildman–Crippen MR) is 65.4 cm³/mol. The van der Waals surface area contributed by atoms with E-state index in [4.69, 9.17) is 0 Å². The Bertz CT molecular complexity index is 377. The van der Waals surface area contributed by atoms with Gasteiger partial charge < -0.3 is 9.67 Å². The van der Waals surface area contributed by atoms with Crippen LogP contribution in [0.2, 0.25) is 0 Å². The van der Waals surface area contributed by atoms with Crippen LogP contribution < -0.4 is 0 Å². The van der Waals surface area contributed by atoms with Gasteiger partial charge in [-0.1, -0.05) is 13.8 Å².